The maximum atomic E-state index is 13.3. The summed E-state index contributed by atoms with van der Waals surface area (Å²) in [7, 11) is 0. The third-order valence-corrected chi connectivity index (χ3v) is 5.68. The lowest BCUT2D eigenvalue weighted by Crippen LogP contribution is -2.07. The van der Waals surface area contributed by atoms with Crippen molar-refractivity contribution in [1.29, 1.82) is 0 Å². The fourth-order valence-electron chi connectivity index (χ4n) is 3.71. The van der Waals surface area contributed by atoms with Gasteiger partial charge in [0.1, 0.15) is 5.69 Å². The first kappa shape index (κ1) is 23.2. The summed E-state index contributed by atoms with van der Waals surface area (Å²) in [4.78, 5) is 13.0. The van der Waals surface area contributed by atoms with Gasteiger partial charge in [-0.25, -0.2) is 14.6 Å². The summed E-state index contributed by atoms with van der Waals surface area (Å²) in [5.41, 5.74) is 4.11. The predicted octanol–water partition coefficient (Wildman–Crippen LogP) is 6.17. The Labute approximate surface area is 204 Å². The Balaban J connectivity index is 1.43. The second kappa shape index (κ2) is 9.21. The molecule has 3 heterocycles. The van der Waals surface area contributed by atoms with Crippen LogP contribution in [0.15, 0.2) is 79.4 Å². The van der Waals surface area contributed by atoms with E-state index in [1.54, 1.807) is 36.9 Å². The van der Waals surface area contributed by atoms with E-state index in [1.807, 2.05) is 37.3 Å². The lowest BCUT2D eigenvalue weighted by atomic mass is 10.0. The molecule has 5 rings (SSSR count). The zero-order valence-corrected chi connectivity index (χ0v) is 19.3. The molecule has 0 radical (unpaired) electrons. The monoisotopic (exact) mass is 487 g/mol. The van der Waals surface area contributed by atoms with Crippen LogP contribution in [0.25, 0.3) is 28.2 Å². The Bertz CT molecular complexity index is 1530. The minimum Gasteiger partial charge on any atom is -0.324 e. The quantitative estimate of drug-likeness (QED) is 0.320. The molecule has 10 heteroatoms. The van der Waals surface area contributed by atoms with Crippen LogP contribution in [0.4, 0.5) is 24.8 Å². The predicted molar refractivity (Wildman–Crippen MR) is 130 cm³/mol. The van der Waals surface area contributed by atoms with Crippen LogP contribution in [-0.4, -0.2) is 29.9 Å². The number of alkyl halides is 3. The second-order valence-corrected chi connectivity index (χ2v) is 8.21. The molecule has 0 aliphatic carbocycles. The van der Waals surface area contributed by atoms with E-state index in [0.29, 0.717) is 22.9 Å². The van der Waals surface area contributed by atoms with Crippen LogP contribution >= 0.6 is 0 Å². The third kappa shape index (κ3) is 4.78. The Morgan fingerprint density at radius 1 is 0.861 bits per heavy atom. The van der Waals surface area contributed by atoms with Crippen molar-refractivity contribution in [2.75, 3.05) is 5.32 Å². The molecule has 5 aromatic rings. The van der Waals surface area contributed by atoms with Gasteiger partial charge < -0.3 is 5.32 Å². The summed E-state index contributed by atoms with van der Waals surface area (Å²) in [6.07, 6.45) is 2.24. The van der Waals surface area contributed by atoms with Gasteiger partial charge in [0, 0.05) is 35.4 Å². The van der Waals surface area contributed by atoms with Crippen molar-refractivity contribution < 1.29 is 13.2 Å². The highest BCUT2D eigenvalue weighted by molar-refractivity contribution is 5.65. The van der Waals surface area contributed by atoms with Gasteiger partial charge in [0.25, 0.3) is 0 Å². The van der Waals surface area contributed by atoms with Crippen LogP contribution in [0.3, 0.4) is 0 Å². The van der Waals surface area contributed by atoms with Crippen molar-refractivity contribution in [2.24, 2.45) is 0 Å². The summed E-state index contributed by atoms with van der Waals surface area (Å²) in [5.74, 6) is 0.412. The lowest BCUT2D eigenvalue weighted by Gasteiger charge is -2.11. The zero-order chi connectivity index (χ0) is 25.3. The van der Waals surface area contributed by atoms with E-state index in [-0.39, 0.29) is 5.56 Å². The first-order valence-electron chi connectivity index (χ1n) is 11.0. The number of benzene rings is 2. The van der Waals surface area contributed by atoms with E-state index in [1.165, 1.54) is 17.7 Å². The summed E-state index contributed by atoms with van der Waals surface area (Å²) < 4.78 is 41.5. The molecule has 0 amide bonds. The first-order chi connectivity index (χ1) is 17.3. The molecule has 7 nitrogen and oxygen atoms in total. The number of nitrogens with zero attached hydrogens (tertiary/aromatic N) is 6. The van der Waals surface area contributed by atoms with Crippen LogP contribution in [0, 0.1) is 13.8 Å². The van der Waals surface area contributed by atoms with Crippen molar-refractivity contribution in [3.8, 4) is 28.2 Å². The maximum Gasteiger partial charge on any atom is 0.416 e. The van der Waals surface area contributed by atoms with Gasteiger partial charge >= 0.3 is 6.18 Å². The van der Waals surface area contributed by atoms with E-state index in [9.17, 15) is 13.2 Å². The van der Waals surface area contributed by atoms with Crippen molar-refractivity contribution in [3.05, 3.63) is 96.1 Å². The van der Waals surface area contributed by atoms with Crippen molar-refractivity contribution in [1.82, 2.24) is 29.9 Å². The van der Waals surface area contributed by atoms with Crippen molar-refractivity contribution >= 4 is 11.6 Å². The number of halogens is 3. The molecule has 3 aromatic heterocycles. The average Bonchev–Trinajstić information content (AvgIpc) is 3.36. The SMILES string of the molecule is Cc1ccc(-n2cc(-c3ccc(C)c(C(F)(F)F)c3)nn2)cc1Nc1nccc(-c2cccnc2)n1. The highest BCUT2D eigenvalue weighted by Gasteiger charge is 2.32. The maximum absolute atomic E-state index is 13.3. The van der Waals surface area contributed by atoms with Crippen LogP contribution in [-0.2, 0) is 6.18 Å². The highest BCUT2D eigenvalue weighted by Crippen LogP contribution is 2.34. The number of pyridine rings is 1. The van der Waals surface area contributed by atoms with Gasteiger partial charge in [-0.1, -0.05) is 23.4 Å². The number of anilines is 2. The van der Waals surface area contributed by atoms with Crippen LogP contribution in [0.1, 0.15) is 16.7 Å². The van der Waals surface area contributed by atoms with E-state index in [2.05, 4.69) is 30.6 Å². The highest BCUT2D eigenvalue weighted by atomic mass is 19.4. The number of aromatic nitrogens is 6. The van der Waals surface area contributed by atoms with Crippen molar-refractivity contribution in [3.63, 3.8) is 0 Å². The van der Waals surface area contributed by atoms with E-state index >= 15 is 0 Å². The molecular formula is C26H20F3N7. The normalized spacial score (nSPS) is 11.5. The molecule has 0 spiro atoms. The molecule has 36 heavy (non-hydrogen) atoms. The Hall–Kier alpha value is -4.60. The molecular weight excluding hydrogens is 467 g/mol. The van der Waals surface area contributed by atoms with E-state index in [0.717, 1.165) is 28.6 Å². The van der Waals surface area contributed by atoms with Gasteiger partial charge in [-0.15, -0.1) is 5.10 Å². The van der Waals surface area contributed by atoms with Gasteiger partial charge in [0.2, 0.25) is 5.95 Å². The van der Waals surface area contributed by atoms with Crippen LogP contribution in [0.2, 0.25) is 0 Å². The van der Waals surface area contributed by atoms with Crippen LogP contribution < -0.4 is 5.32 Å². The number of hydrogen-bond acceptors (Lipinski definition) is 6. The number of aryl methyl sites for hydroxylation is 2. The largest absolute Gasteiger partial charge is 0.416 e. The van der Waals surface area contributed by atoms with Crippen molar-refractivity contribution in [2.45, 2.75) is 20.0 Å². The Morgan fingerprint density at radius 3 is 2.47 bits per heavy atom. The van der Waals surface area contributed by atoms with E-state index in [4.69, 9.17) is 0 Å². The van der Waals surface area contributed by atoms with Crippen LogP contribution in [0.5, 0.6) is 0 Å². The lowest BCUT2D eigenvalue weighted by molar-refractivity contribution is -0.138. The Kier molecular flexibility index (Phi) is 5.93. The third-order valence-electron chi connectivity index (χ3n) is 5.68. The molecule has 1 N–H and O–H groups in total. The summed E-state index contributed by atoms with van der Waals surface area (Å²) >= 11 is 0. The number of nitrogens with one attached hydrogen (secondary N) is 1. The molecule has 0 saturated carbocycles. The smallest absolute Gasteiger partial charge is 0.324 e. The topological polar surface area (TPSA) is 81.4 Å². The molecule has 2 aromatic carbocycles. The minimum absolute atomic E-state index is 0.155. The second-order valence-electron chi connectivity index (χ2n) is 8.21. The Morgan fingerprint density at radius 2 is 1.69 bits per heavy atom. The standard InChI is InChI=1S/C26H20F3N7/c1-16-5-7-18(12-21(16)26(27,28)29)24-15-36(35-34-24)20-8-6-17(2)23(13-20)33-25-31-11-9-22(32-25)19-4-3-10-30-14-19/h3-15H,1-2H3,(H,31,32,33). The van der Waals surface area contributed by atoms with Gasteiger partial charge in [-0.3, -0.25) is 4.98 Å². The first-order valence-corrected chi connectivity index (χ1v) is 11.0. The molecule has 0 unspecified atom stereocenters. The van der Waals surface area contributed by atoms with Gasteiger partial charge in [0.15, 0.2) is 0 Å². The summed E-state index contributed by atoms with van der Waals surface area (Å²) in [6.45, 7) is 3.37. The average molecular weight is 487 g/mol. The van der Waals surface area contributed by atoms with Gasteiger partial charge in [-0.05, 0) is 61.4 Å². The fraction of sp³-hybridized carbons (Fsp3) is 0.115. The van der Waals surface area contributed by atoms with Gasteiger partial charge in [0.05, 0.1) is 23.1 Å². The summed E-state index contributed by atoms with van der Waals surface area (Å²) in [5, 5.41) is 11.5. The molecule has 0 atom stereocenters. The van der Waals surface area contributed by atoms with Gasteiger partial charge in [-0.2, -0.15) is 13.2 Å². The minimum atomic E-state index is -4.44. The molecule has 0 fully saturated rings. The number of hydrogen-bond donors (Lipinski definition) is 1. The van der Waals surface area contributed by atoms with E-state index < -0.39 is 11.7 Å². The molecule has 0 aliphatic heterocycles. The fourth-order valence-corrected chi connectivity index (χ4v) is 3.71. The molecule has 0 aliphatic rings. The molecule has 180 valence electrons. The molecule has 0 bridgehead atoms. The molecule has 0 saturated heterocycles. The number of rotatable bonds is 5. The summed E-state index contributed by atoms with van der Waals surface area (Å²) in [6, 6.07) is 15.3. The zero-order valence-electron chi connectivity index (χ0n) is 19.3.